The molecule has 1 unspecified atom stereocenters. The summed E-state index contributed by atoms with van der Waals surface area (Å²) in [6.07, 6.45) is 5.11. The third kappa shape index (κ3) is 6.05. The molecule has 0 heterocycles. The van der Waals surface area contributed by atoms with Crippen LogP contribution in [-0.4, -0.2) is 18.4 Å². The fourth-order valence-electron chi connectivity index (χ4n) is 1.33. The highest BCUT2D eigenvalue weighted by atomic mass is 16.5. The fraction of sp³-hybridized carbons (Fsp3) is 0.667. The number of carbonyl (C=O) groups is 2. The van der Waals surface area contributed by atoms with Crippen LogP contribution in [0.5, 0.6) is 0 Å². The Labute approximate surface area is 91.5 Å². The molecule has 3 nitrogen and oxygen atoms in total. The largest absolute Gasteiger partial charge is 0.461 e. The first kappa shape index (κ1) is 13.9. The Hall–Kier alpha value is -1.12. The average Bonchev–Trinajstić information content (AvgIpc) is 2.20. The normalized spacial score (nSPS) is 11.9. The molecule has 0 bridgehead atoms. The number of rotatable bonds is 8. The lowest BCUT2D eigenvalue weighted by atomic mass is 9.98. The van der Waals surface area contributed by atoms with Crippen LogP contribution < -0.4 is 0 Å². The fourth-order valence-corrected chi connectivity index (χ4v) is 1.33. The van der Waals surface area contributed by atoms with E-state index < -0.39 is 11.9 Å². The quantitative estimate of drug-likeness (QED) is 0.269. The van der Waals surface area contributed by atoms with Crippen molar-refractivity contribution in [2.45, 2.75) is 39.5 Å². The van der Waals surface area contributed by atoms with Crippen LogP contribution in [0.4, 0.5) is 0 Å². The number of carbonyl (C=O) groups excluding carboxylic acids is 2. The van der Waals surface area contributed by atoms with E-state index in [1.807, 2.05) is 0 Å². The standard InChI is InChI=1S/C12H20O3/c1-4-6-7-8-11(10(3)13)12(14)15-9-5-2/h5,11H,2,4,6-9H2,1,3H3. The molecule has 3 heteroatoms. The molecule has 0 rings (SSSR count). The van der Waals surface area contributed by atoms with E-state index in [2.05, 4.69) is 13.5 Å². The number of Topliss-reactive ketones (excluding diaryl/α,β-unsaturated/α-hetero) is 1. The van der Waals surface area contributed by atoms with Gasteiger partial charge in [0.25, 0.3) is 0 Å². The third-order valence-corrected chi connectivity index (χ3v) is 2.22. The summed E-state index contributed by atoms with van der Waals surface area (Å²) in [5.74, 6) is -1.12. The lowest BCUT2D eigenvalue weighted by Gasteiger charge is -2.11. The molecule has 0 saturated carbocycles. The molecule has 1 atom stereocenters. The molecule has 0 aliphatic carbocycles. The van der Waals surface area contributed by atoms with Crippen LogP contribution in [0.15, 0.2) is 12.7 Å². The number of esters is 1. The van der Waals surface area contributed by atoms with Crippen molar-refractivity contribution in [2.75, 3.05) is 6.61 Å². The second-order valence-corrected chi connectivity index (χ2v) is 3.58. The maximum atomic E-state index is 11.4. The molecule has 15 heavy (non-hydrogen) atoms. The lowest BCUT2D eigenvalue weighted by Crippen LogP contribution is -2.24. The molecular weight excluding hydrogens is 192 g/mol. The van der Waals surface area contributed by atoms with Gasteiger partial charge >= 0.3 is 5.97 Å². The topological polar surface area (TPSA) is 43.4 Å². The van der Waals surface area contributed by atoms with Gasteiger partial charge in [0, 0.05) is 0 Å². The predicted octanol–water partition coefficient (Wildman–Crippen LogP) is 2.50. The minimum absolute atomic E-state index is 0.111. The number of hydrogen-bond donors (Lipinski definition) is 0. The number of unbranched alkanes of at least 4 members (excludes halogenated alkanes) is 2. The molecule has 0 radical (unpaired) electrons. The van der Waals surface area contributed by atoms with E-state index in [0.29, 0.717) is 6.42 Å². The zero-order chi connectivity index (χ0) is 11.7. The van der Waals surface area contributed by atoms with Gasteiger partial charge in [-0.05, 0) is 13.3 Å². The van der Waals surface area contributed by atoms with Crippen molar-refractivity contribution < 1.29 is 14.3 Å². The highest BCUT2D eigenvalue weighted by Gasteiger charge is 2.23. The van der Waals surface area contributed by atoms with Gasteiger partial charge in [-0.15, -0.1) is 0 Å². The second-order valence-electron chi connectivity index (χ2n) is 3.58. The molecule has 86 valence electrons. The van der Waals surface area contributed by atoms with E-state index >= 15 is 0 Å². The SMILES string of the molecule is C=CCOC(=O)C(CCCCC)C(C)=O. The van der Waals surface area contributed by atoms with E-state index in [4.69, 9.17) is 4.74 Å². The maximum absolute atomic E-state index is 11.4. The van der Waals surface area contributed by atoms with Gasteiger partial charge in [-0.3, -0.25) is 9.59 Å². The number of hydrogen-bond acceptors (Lipinski definition) is 3. The first-order valence-corrected chi connectivity index (χ1v) is 5.41. The van der Waals surface area contributed by atoms with Crippen molar-refractivity contribution in [3.63, 3.8) is 0 Å². The summed E-state index contributed by atoms with van der Waals surface area (Å²) in [6.45, 7) is 7.15. The van der Waals surface area contributed by atoms with Crippen molar-refractivity contribution >= 4 is 11.8 Å². The zero-order valence-electron chi connectivity index (χ0n) is 9.62. The van der Waals surface area contributed by atoms with Gasteiger partial charge < -0.3 is 4.74 Å². The van der Waals surface area contributed by atoms with Gasteiger partial charge in [0.05, 0.1) is 0 Å². The Kier molecular flexibility index (Phi) is 7.60. The maximum Gasteiger partial charge on any atom is 0.316 e. The highest BCUT2D eigenvalue weighted by Crippen LogP contribution is 2.13. The molecule has 0 aromatic heterocycles. The molecule has 0 aliphatic rings. The van der Waals surface area contributed by atoms with Crippen LogP contribution in [-0.2, 0) is 14.3 Å². The summed E-state index contributed by atoms with van der Waals surface area (Å²) < 4.78 is 4.87. The predicted molar refractivity (Wildman–Crippen MR) is 59.5 cm³/mol. The molecule has 0 N–H and O–H groups in total. The summed E-state index contributed by atoms with van der Waals surface area (Å²) in [4.78, 5) is 22.7. The molecule has 0 spiro atoms. The molecule has 0 amide bonds. The minimum Gasteiger partial charge on any atom is -0.461 e. The molecule has 0 fully saturated rings. The second kappa shape index (κ2) is 8.21. The van der Waals surface area contributed by atoms with Crippen LogP contribution in [0.2, 0.25) is 0 Å². The molecule has 0 aromatic carbocycles. The van der Waals surface area contributed by atoms with Gasteiger partial charge in [0.15, 0.2) is 0 Å². The van der Waals surface area contributed by atoms with Gasteiger partial charge in [0.2, 0.25) is 0 Å². The molecule has 0 saturated heterocycles. The van der Waals surface area contributed by atoms with E-state index in [-0.39, 0.29) is 12.4 Å². The van der Waals surface area contributed by atoms with Crippen molar-refractivity contribution in [1.82, 2.24) is 0 Å². The van der Waals surface area contributed by atoms with Crippen LogP contribution >= 0.6 is 0 Å². The summed E-state index contributed by atoms with van der Waals surface area (Å²) in [5.41, 5.74) is 0. The highest BCUT2D eigenvalue weighted by molar-refractivity contribution is 5.97. The van der Waals surface area contributed by atoms with E-state index in [1.165, 1.54) is 13.0 Å². The zero-order valence-corrected chi connectivity index (χ0v) is 9.62. The van der Waals surface area contributed by atoms with Crippen LogP contribution in [0.1, 0.15) is 39.5 Å². The monoisotopic (exact) mass is 212 g/mol. The van der Waals surface area contributed by atoms with Crippen LogP contribution in [0, 0.1) is 5.92 Å². The van der Waals surface area contributed by atoms with Gasteiger partial charge in [-0.2, -0.15) is 0 Å². The number of ether oxygens (including phenoxy) is 1. The molecule has 0 aromatic rings. The summed E-state index contributed by atoms with van der Waals surface area (Å²) >= 11 is 0. The van der Waals surface area contributed by atoms with Crippen LogP contribution in [0.3, 0.4) is 0 Å². The van der Waals surface area contributed by atoms with E-state index in [9.17, 15) is 9.59 Å². The molecular formula is C12H20O3. The van der Waals surface area contributed by atoms with Crippen molar-refractivity contribution in [2.24, 2.45) is 5.92 Å². The summed E-state index contributed by atoms with van der Waals surface area (Å²) in [6, 6.07) is 0. The van der Waals surface area contributed by atoms with Gasteiger partial charge in [-0.1, -0.05) is 38.8 Å². The summed E-state index contributed by atoms with van der Waals surface area (Å²) in [7, 11) is 0. The van der Waals surface area contributed by atoms with E-state index in [0.717, 1.165) is 19.3 Å². The number of ketones is 1. The van der Waals surface area contributed by atoms with Crippen LogP contribution in [0.25, 0.3) is 0 Å². The van der Waals surface area contributed by atoms with Crippen molar-refractivity contribution in [3.8, 4) is 0 Å². The first-order valence-electron chi connectivity index (χ1n) is 5.41. The van der Waals surface area contributed by atoms with Gasteiger partial charge in [-0.25, -0.2) is 0 Å². The summed E-state index contributed by atoms with van der Waals surface area (Å²) in [5, 5.41) is 0. The Morgan fingerprint density at radius 3 is 2.53 bits per heavy atom. The smallest absolute Gasteiger partial charge is 0.316 e. The van der Waals surface area contributed by atoms with Crippen molar-refractivity contribution in [3.05, 3.63) is 12.7 Å². The minimum atomic E-state index is -0.587. The third-order valence-electron chi connectivity index (χ3n) is 2.22. The van der Waals surface area contributed by atoms with Gasteiger partial charge in [0.1, 0.15) is 18.3 Å². The Morgan fingerprint density at radius 2 is 2.07 bits per heavy atom. The van der Waals surface area contributed by atoms with E-state index in [1.54, 1.807) is 0 Å². The average molecular weight is 212 g/mol. The Morgan fingerprint density at radius 1 is 1.40 bits per heavy atom. The first-order chi connectivity index (χ1) is 7.13. The molecule has 0 aliphatic heterocycles. The van der Waals surface area contributed by atoms with Crippen molar-refractivity contribution in [1.29, 1.82) is 0 Å². The lowest BCUT2D eigenvalue weighted by molar-refractivity contribution is -0.150. The Bertz CT molecular complexity index is 221. The Balaban J connectivity index is 4.07.